The number of nitrogens with one attached hydrogen (secondary N) is 1. The molecule has 31 heavy (non-hydrogen) atoms. The number of hydrogen-bond acceptors (Lipinski definition) is 5. The number of amides is 2. The van der Waals surface area contributed by atoms with E-state index in [0.717, 1.165) is 5.69 Å². The number of carbonyl (C=O) groups is 2. The first kappa shape index (κ1) is 22.7. The van der Waals surface area contributed by atoms with Crippen LogP contribution in [0.25, 0.3) is 0 Å². The van der Waals surface area contributed by atoms with E-state index >= 15 is 0 Å². The monoisotopic (exact) mass is 428 g/mol. The minimum atomic E-state index is -0.307. The lowest BCUT2D eigenvalue weighted by Crippen LogP contribution is -2.38. The van der Waals surface area contributed by atoms with Gasteiger partial charge in [0.25, 0.3) is 5.91 Å². The molecule has 0 fully saturated rings. The molecule has 8 nitrogen and oxygen atoms in total. The molecule has 1 aromatic carbocycles. The van der Waals surface area contributed by atoms with Crippen molar-refractivity contribution in [3.8, 4) is 11.5 Å². The number of hydrogen-bond donors (Lipinski definition) is 1. The third-order valence-electron chi connectivity index (χ3n) is 5.00. The Hall–Kier alpha value is -3.03. The largest absolute Gasteiger partial charge is 0.454 e. The number of likely N-dealkylation sites (N-methyl/N-ethyl adjacent to an activating group) is 1. The van der Waals surface area contributed by atoms with Gasteiger partial charge in [-0.15, -0.1) is 0 Å². The summed E-state index contributed by atoms with van der Waals surface area (Å²) in [5, 5.41) is 7.66. The second-order valence-electron chi connectivity index (χ2n) is 9.68. The van der Waals surface area contributed by atoms with E-state index in [2.05, 4.69) is 26.1 Å². The van der Waals surface area contributed by atoms with Gasteiger partial charge in [0.05, 0.1) is 11.2 Å². The van der Waals surface area contributed by atoms with E-state index in [1.807, 2.05) is 38.4 Å². The quantitative estimate of drug-likeness (QED) is 0.784. The second-order valence-corrected chi connectivity index (χ2v) is 9.68. The fourth-order valence-electron chi connectivity index (χ4n) is 3.24. The molecule has 0 bridgehead atoms. The van der Waals surface area contributed by atoms with Crippen molar-refractivity contribution in [2.75, 3.05) is 25.2 Å². The van der Waals surface area contributed by atoms with Crippen LogP contribution in [0.3, 0.4) is 0 Å². The fourth-order valence-corrected chi connectivity index (χ4v) is 3.24. The highest BCUT2D eigenvalue weighted by atomic mass is 16.7. The van der Waals surface area contributed by atoms with Crippen LogP contribution in [0.4, 0.5) is 5.82 Å². The number of fused-ring (bicyclic) bond motifs is 1. The second kappa shape index (κ2) is 8.24. The number of anilines is 1. The molecule has 0 unspecified atom stereocenters. The summed E-state index contributed by atoms with van der Waals surface area (Å²) >= 11 is 0. The third kappa shape index (κ3) is 5.00. The molecule has 8 heteroatoms. The molecular formula is C23H32N4O4. The molecule has 3 rings (SSSR count). The van der Waals surface area contributed by atoms with Crippen LogP contribution in [0.2, 0.25) is 0 Å². The average molecular weight is 429 g/mol. The van der Waals surface area contributed by atoms with Crippen molar-refractivity contribution in [3.05, 3.63) is 35.5 Å². The van der Waals surface area contributed by atoms with Crippen LogP contribution in [0.1, 0.15) is 64.5 Å². The number of rotatable bonds is 5. The summed E-state index contributed by atoms with van der Waals surface area (Å²) in [4.78, 5) is 27.3. The molecule has 1 aliphatic heterocycles. The Labute approximate surface area is 183 Å². The van der Waals surface area contributed by atoms with E-state index in [1.54, 1.807) is 18.2 Å². The predicted molar refractivity (Wildman–Crippen MR) is 119 cm³/mol. The topological polar surface area (TPSA) is 85.7 Å². The number of benzene rings is 1. The Bertz CT molecular complexity index is 982. The summed E-state index contributed by atoms with van der Waals surface area (Å²) in [6.45, 7) is 14.7. The minimum absolute atomic E-state index is 0.0655. The van der Waals surface area contributed by atoms with Crippen molar-refractivity contribution in [2.45, 2.75) is 59.4 Å². The zero-order chi connectivity index (χ0) is 23.0. The van der Waals surface area contributed by atoms with Gasteiger partial charge in [0.15, 0.2) is 11.5 Å². The van der Waals surface area contributed by atoms with Gasteiger partial charge in [-0.1, -0.05) is 20.8 Å². The smallest absolute Gasteiger partial charge is 0.254 e. The highest BCUT2D eigenvalue weighted by Gasteiger charge is 2.27. The van der Waals surface area contributed by atoms with Crippen molar-refractivity contribution in [1.82, 2.24) is 14.7 Å². The molecule has 0 radical (unpaired) electrons. The van der Waals surface area contributed by atoms with E-state index in [1.165, 1.54) is 4.90 Å². The van der Waals surface area contributed by atoms with Crippen LogP contribution in [0.15, 0.2) is 24.3 Å². The maximum absolute atomic E-state index is 13.0. The van der Waals surface area contributed by atoms with E-state index in [0.29, 0.717) is 29.4 Å². The third-order valence-corrected chi connectivity index (χ3v) is 5.00. The zero-order valence-corrected chi connectivity index (χ0v) is 19.4. The number of nitrogens with zero attached hydrogens (tertiary/aromatic N) is 3. The average Bonchev–Trinajstić information content (AvgIpc) is 3.31. The fraction of sp³-hybridized carbons (Fsp3) is 0.522. The highest BCUT2D eigenvalue weighted by molar-refractivity contribution is 5.99. The Morgan fingerprint density at radius 2 is 1.77 bits per heavy atom. The molecule has 0 saturated heterocycles. The van der Waals surface area contributed by atoms with Crippen LogP contribution in [-0.4, -0.2) is 46.4 Å². The molecule has 2 aromatic rings. The van der Waals surface area contributed by atoms with Crippen LogP contribution in [0.5, 0.6) is 11.5 Å². The van der Waals surface area contributed by atoms with Gasteiger partial charge in [0, 0.05) is 23.6 Å². The Morgan fingerprint density at radius 3 is 2.39 bits per heavy atom. The highest BCUT2D eigenvalue weighted by Crippen LogP contribution is 2.33. The maximum Gasteiger partial charge on any atom is 0.254 e. The molecule has 0 spiro atoms. The van der Waals surface area contributed by atoms with E-state index < -0.39 is 0 Å². The number of aromatic nitrogens is 2. The lowest BCUT2D eigenvalue weighted by atomic mass is 9.92. The number of ether oxygens (including phenoxy) is 2. The minimum Gasteiger partial charge on any atom is -0.454 e. The van der Waals surface area contributed by atoms with Crippen LogP contribution in [-0.2, 0) is 15.7 Å². The van der Waals surface area contributed by atoms with Gasteiger partial charge >= 0.3 is 0 Å². The molecule has 168 valence electrons. The van der Waals surface area contributed by atoms with Crippen molar-refractivity contribution in [2.24, 2.45) is 0 Å². The summed E-state index contributed by atoms with van der Waals surface area (Å²) in [5.41, 5.74) is 0.884. The normalized spacial score (nSPS) is 13.3. The lowest BCUT2D eigenvalue weighted by Gasteiger charge is -2.24. The van der Waals surface area contributed by atoms with E-state index in [-0.39, 0.29) is 36.1 Å². The van der Waals surface area contributed by atoms with Crippen molar-refractivity contribution in [3.63, 3.8) is 0 Å². The van der Waals surface area contributed by atoms with Gasteiger partial charge in [-0.2, -0.15) is 5.10 Å². The summed E-state index contributed by atoms with van der Waals surface area (Å²) in [6, 6.07) is 6.94. The van der Waals surface area contributed by atoms with Gasteiger partial charge < -0.3 is 19.7 Å². The van der Waals surface area contributed by atoms with Gasteiger partial charge in [-0.25, -0.2) is 4.68 Å². The van der Waals surface area contributed by atoms with Crippen LogP contribution < -0.4 is 14.8 Å². The van der Waals surface area contributed by atoms with Gasteiger partial charge in [-0.05, 0) is 45.9 Å². The first-order valence-electron chi connectivity index (χ1n) is 10.5. The molecule has 1 aliphatic rings. The van der Waals surface area contributed by atoms with Gasteiger partial charge in [0.2, 0.25) is 12.7 Å². The molecule has 2 amide bonds. The number of carbonyl (C=O) groups excluding carboxylic acids is 2. The molecule has 0 saturated carbocycles. The molecule has 2 heterocycles. The standard InChI is InChI=1S/C23H32N4O4/c1-8-26(21(29)15-9-10-16-17(11-15)31-14-30-16)13-20(28)24-19-12-18(22(2,3)4)25-27(19)23(5,6)7/h9-12H,8,13-14H2,1-7H3,(H,24,28). The van der Waals surface area contributed by atoms with Crippen molar-refractivity contribution < 1.29 is 19.1 Å². The van der Waals surface area contributed by atoms with Crippen LogP contribution in [0, 0.1) is 0 Å². The van der Waals surface area contributed by atoms with Gasteiger partial charge in [-0.3, -0.25) is 9.59 Å². The zero-order valence-electron chi connectivity index (χ0n) is 19.4. The van der Waals surface area contributed by atoms with Crippen molar-refractivity contribution in [1.29, 1.82) is 0 Å². The summed E-state index contributed by atoms with van der Waals surface area (Å²) in [5.74, 6) is 1.25. The first-order chi connectivity index (χ1) is 14.4. The SMILES string of the molecule is CCN(CC(=O)Nc1cc(C(C)(C)C)nn1C(C)(C)C)C(=O)c1ccc2c(c1)OCO2. The van der Waals surface area contributed by atoms with E-state index in [4.69, 9.17) is 14.6 Å². The summed E-state index contributed by atoms with van der Waals surface area (Å²) in [7, 11) is 0. The molecular weight excluding hydrogens is 396 g/mol. The molecule has 0 aliphatic carbocycles. The van der Waals surface area contributed by atoms with Gasteiger partial charge in [0.1, 0.15) is 12.4 Å². The summed E-state index contributed by atoms with van der Waals surface area (Å²) < 4.78 is 12.5. The Balaban J connectivity index is 1.76. The summed E-state index contributed by atoms with van der Waals surface area (Å²) in [6.07, 6.45) is 0. The first-order valence-corrected chi connectivity index (χ1v) is 10.5. The van der Waals surface area contributed by atoms with Crippen molar-refractivity contribution >= 4 is 17.6 Å². The predicted octanol–water partition coefficient (Wildman–Crippen LogP) is 3.77. The molecule has 1 N–H and O–H groups in total. The Morgan fingerprint density at radius 1 is 1.10 bits per heavy atom. The van der Waals surface area contributed by atoms with E-state index in [9.17, 15) is 9.59 Å². The molecule has 0 atom stereocenters. The lowest BCUT2D eigenvalue weighted by molar-refractivity contribution is -0.116. The Kier molecular flexibility index (Phi) is 6.02. The molecule has 1 aromatic heterocycles. The van der Waals surface area contributed by atoms with Crippen LogP contribution >= 0.6 is 0 Å². The maximum atomic E-state index is 13.0.